The predicted molar refractivity (Wildman–Crippen MR) is 73.2 cm³/mol. The highest BCUT2D eigenvalue weighted by Crippen LogP contribution is 2.47. The molecule has 0 spiro atoms. The van der Waals surface area contributed by atoms with E-state index in [4.69, 9.17) is 0 Å². The third kappa shape index (κ3) is 2.41. The topological polar surface area (TPSA) is 49.4 Å². The fourth-order valence-electron chi connectivity index (χ4n) is 2.58. The number of nitrogens with one attached hydrogen (secondary N) is 1. The summed E-state index contributed by atoms with van der Waals surface area (Å²) in [4.78, 5) is 25.6. The van der Waals surface area contributed by atoms with Crippen LogP contribution in [-0.4, -0.2) is 39.9 Å². The zero-order chi connectivity index (χ0) is 13.2. The normalized spacial score (nSPS) is 31.1. The van der Waals surface area contributed by atoms with Gasteiger partial charge in [-0.1, -0.05) is 12.2 Å². The number of hydrogen-bond acceptors (Lipinski definition) is 3. The maximum Gasteiger partial charge on any atom is 0.243 e. The number of amides is 2. The molecule has 2 heterocycles. The van der Waals surface area contributed by atoms with Crippen LogP contribution in [-0.2, 0) is 9.59 Å². The van der Waals surface area contributed by atoms with Crippen LogP contribution in [0.2, 0.25) is 0 Å². The molecule has 18 heavy (non-hydrogen) atoms. The van der Waals surface area contributed by atoms with Crippen molar-refractivity contribution >= 4 is 23.6 Å². The fourth-order valence-corrected chi connectivity index (χ4v) is 4.01. The molecule has 2 amide bonds. The highest BCUT2D eigenvalue weighted by molar-refractivity contribution is 8.01. The standard InChI is InChI=1S/C13H20N2O2S/c1-3-4-5-8-14-12(17)10-9-18-13(2)7-6-11(16)15(10)13/h3-4,10H,5-9H2,1-2H3,(H,14,17)/b4-3+. The van der Waals surface area contributed by atoms with Gasteiger partial charge >= 0.3 is 0 Å². The number of carbonyl (C=O) groups is 2. The van der Waals surface area contributed by atoms with Crippen molar-refractivity contribution in [2.75, 3.05) is 12.3 Å². The predicted octanol–water partition coefficient (Wildman–Crippen LogP) is 1.52. The second kappa shape index (κ2) is 5.34. The number of nitrogens with zero attached hydrogens (tertiary/aromatic N) is 1. The second-order valence-corrected chi connectivity index (χ2v) is 6.42. The first-order valence-electron chi connectivity index (χ1n) is 6.43. The van der Waals surface area contributed by atoms with Crippen molar-refractivity contribution in [2.24, 2.45) is 0 Å². The van der Waals surface area contributed by atoms with Crippen molar-refractivity contribution < 1.29 is 9.59 Å². The Labute approximate surface area is 112 Å². The van der Waals surface area contributed by atoms with Gasteiger partial charge in [0.25, 0.3) is 0 Å². The van der Waals surface area contributed by atoms with E-state index in [0.29, 0.717) is 13.0 Å². The van der Waals surface area contributed by atoms with E-state index in [9.17, 15) is 9.59 Å². The van der Waals surface area contributed by atoms with Crippen molar-refractivity contribution in [2.45, 2.75) is 44.0 Å². The van der Waals surface area contributed by atoms with Gasteiger partial charge in [0.15, 0.2) is 0 Å². The van der Waals surface area contributed by atoms with E-state index >= 15 is 0 Å². The second-order valence-electron chi connectivity index (χ2n) is 4.91. The number of carbonyl (C=O) groups excluding carboxylic acids is 2. The average molecular weight is 268 g/mol. The molecule has 2 saturated heterocycles. The number of hydrogen-bond donors (Lipinski definition) is 1. The van der Waals surface area contributed by atoms with E-state index in [1.165, 1.54) is 0 Å². The molecule has 100 valence electrons. The minimum atomic E-state index is -0.277. The lowest BCUT2D eigenvalue weighted by atomic mass is 10.2. The highest BCUT2D eigenvalue weighted by Gasteiger charge is 2.52. The summed E-state index contributed by atoms with van der Waals surface area (Å²) < 4.78 is 0. The molecule has 0 aromatic heterocycles. The van der Waals surface area contributed by atoms with Gasteiger partial charge in [-0.3, -0.25) is 9.59 Å². The summed E-state index contributed by atoms with van der Waals surface area (Å²) in [6, 6.07) is -0.277. The molecule has 2 fully saturated rings. The number of allylic oxidation sites excluding steroid dienone is 1. The molecule has 0 saturated carbocycles. The Kier molecular flexibility index (Phi) is 4.00. The van der Waals surface area contributed by atoms with Crippen LogP contribution in [0.4, 0.5) is 0 Å². The summed E-state index contributed by atoms with van der Waals surface area (Å²) in [6.45, 7) is 4.67. The van der Waals surface area contributed by atoms with Crippen LogP contribution in [0, 0.1) is 0 Å². The Hall–Kier alpha value is -0.970. The van der Waals surface area contributed by atoms with E-state index < -0.39 is 0 Å². The van der Waals surface area contributed by atoms with E-state index in [1.807, 2.05) is 19.1 Å². The fraction of sp³-hybridized carbons (Fsp3) is 0.692. The van der Waals surface area contributed by atoms with Crippen LogP contribution in [0.5, 0.6) is 0 Å². The van der Waals surface area contributed by atoms with Gasteiger partial charge in [-0.15, -0.1) is 11.8 Å². The van der Waals surface area contributed by atoms with E-state index in [0.717, 1.165) is 18.6 Å². The van der Waals surface area contributed by atoms with Gasteiger partial charge in [0.2, 0.25) is 11.8 Å². The van der Waals surface area contributed by atoms with E-state index in [2.05, 4.69) is 12.2 Å². The molecule has 0 aromatic carbocycles. The zero-order valence-electron chi connectivity index (χ0n) is 10.9. The first-order valence-corrected chi connectivity index (χ1v) is 7.42. The first kappa shape index (κ1) is 13.5. The van der Waals surface area contributed by atoms with Gasteiger partial charge in [-0.2, -0.15) is 0 Å². The molecule has 1 N–H and O–H groups in total. The lowest BCUT2D eigenvalue weighted by molar-refractivity contribution is -0.137. The van der Waals surface area contributed by atoms with Crippen molar-refractivity contribution in [3.05, 3.63) is 12.2 Å². The largest absolute Gasteiger partial charge is 0.354 e. The zero-order valence-corrected chi connectivity index (χ0v) is 11.8. The van der Waals surface area contributed by atoms with Crippen LogP contribution in [0.25, 0.3) is 0 Å². The molecule has 2 rings (SSSR count). The maximum absolute atomic E-state index is 12.1. The first-order chi connectivity index (χ1) is 8.58. The Morgan fingerprint density at radius 2 is 2.44 bits per heavy atom. The number of fused-ring (bicyclic) bond motifs is 1. The quantitative estimate of drug-likeness (QED) is 0.621. The molecule has 2 aliphatic heterocycles. The maximum atomic E-state index is 12.1. The van der Waals surface area contributed by atoms with Crippen LogP contribution in [0.1, 0.15) is 33.1 Å². The highest BCUT2D eigenvalue weighted by atomic mass is 32.2. The minimum absolute atomic E-state index is 0.00835. The molecular weight excluding hydrogens is 248 g/mol. The summed E-state index contributed by atoms with van der Waals surface area (Å²) in [5.41, 5.74) is 0. The SMILES string of the molecule is C/C=C/CCNC(=O)C1CSC2(C)CCC(=O)N12. The molecule has 2 atom stereocenters. The Bertz CT molecular complexity index is 383. The van der Waals surface area contributed by atoms with E-state index in [1.54, 1.807) is 16.7 Å². The minimum Gasteiger partial charge on any atom is -0.354 e. The van der Waals surface area contributed by atoms with Gasteiger partial charge in [-0.05, 0) is 26.7 Å². The molecule has 2 aliphatic rings. The van der Waals surface area contributed by atoms with Crippen molar-refractivity contribution in [3.8, 4) is 0 Å². The van der Waals surface area contributed by atoms with Gasteiger partial charge in [0.1, 0.15) is 6.04 Å². The van der Waals surface area contributed by atoms with E-state index in [-0.39, 0.29) is 22.7 Å². The third-order valence-electron chi connectivity index (χ3n) is 3.59. The third-order valence-corrected chi connectivity index (χ3v) is 5.10. The molecule has 0 bridgehead atoms. The molecule has 0 aromatic rings. The summed E-state index contributed by atoms with van der Waals surface area (Å²) in [5.74, 6) is 0.833. The van der Waals surface area contributed by atoms with Crippen LogP contribution in [0.15, 0.2) is 12.2 Å². The van der Waals surface area contributed by atoms with Gasteiger partial charge in [-0.25, -0.2) is 0 Å². The summed E-state index contributed by atoms with van der Waals surface area (Å²) in [6.07, 6.45) is 6.27. The lowest BCUT2D eigenvalue weighted by Crippen LogP contribution is -2.50. The van der Waals surface area contributed by atoms with Crippen LogP contribution >= 0.6 is 11.8 Å². The van der Waals surface area contributed by atoms with Gasteiger partial charge in [0.05, 0.1) is 4.87 Å². The summed E-state index contributed by atoms with van der Waals surface area (Å²) in [7, 11) is 0. The van der Waals surface area contributed by atoms with Crippen molar-refractivity contribution in [1.29, 1.82) is 0 Å². The van der Waals surface area contributed by atoms with Gasteiger partial charge < -0.3 is 10.2 Å². The summed E-state index contributed by atoms with van der Waals surface area (Å²) in [5, 5.41) is 2.91. The molecule has 2 unspecified atom stereocenters. The average Bonchev–Trinajstić information content (AvgIpc) is 2.83. The molecule has 0 aliphatic carbocycles. The molecule has 0 radical (unpaired) electrons. The van der Waals surface area contributed by atoms with Crippen molar-refractivity contribution in [3.63, 3.8) is 0 Å². The molecule has 5 heteroatoms. The summed E-state index contributed by atoms with van der Waals surface area (Å²) >= 11 is 1.73. The van der Waals surface area contributed by atoms with Crippen LogP contribution in [0.3, 0.4) is 0 Å². The number of thioether (sulfide) groups is 1. The monoisotopic (exact) mass is 268 g/mol. The Morgan fingerprint density at radius 3 is 3.17 bits per heavy atom. The number of rotatable bonds is 4. The van der Waals surface area contributed by atoms with Crippen molar-refractivity contribution in [1.82, 2.24) is 10.2 Å². The van der Waals surface area contributed by atoms with Gasteiger partial charge in [0, 0.05) is 18.7 Å². The smallest absolute Gasteiger partial charge is 0.243 e. The van der Waals surface area contributed by atoms with Crippen LogP contribution < -0.4 is 5.32 Å². The molecule has 4 nitrogen and oxygen atoms in total. The Balaban J connectivity index is 1.93. The molecular formula is C13H20N2O2S. The Morgan fingerprint density at radius 1 is 1.67 bits per heavy atom. The lowest BCUT2D eigenvalue weighted by Gasteiger charge is -2.29.